The minimum Gasteiger partial charge on any atom is -0.371 e. The number of carbonyl (C=O) groups is 1. The molecule has 2 aromatic rings. The summed E-state index contributed by atoms with van der Waals surface area (Å²) in [5.41, 5.74) is 1.93. The molecule has 1 fully saturated rings. The van der Waals surface area contributed by atoms with Crippen molar-refractivity contribution in [2.45, 2.75) is 25.5 Å². The van der Waals surface area contributed by atoms with Gasteiger partial charge in [-0.1, -0.05) is 46.3 Å². The van der Waals surface area contributed by atoms with Gasteiger partial charge in [-0.25, -0.2) is 0 Å². The van der Waals surface area contributed by atoms with Gasteiger partial charge in [0.2, 0.25) is 5.91 Å². The van der Waals surface area contributed by atoms with Gasteiger partial charge in [0.15, 0.2) is 0 Å². The highest BCUT2D eigenvalue weighted by atomic mass is 79.9. The van der Waals surface area contributed by atoms with Crippen molar-refractivity contribution in [3.8, 4) is 6.07 Å². The van der Waals surface area contributed by atoms with Crippen molar-refractivity contribution in [2.75, 3.05) is 31.1 Å². The first-order valence-electron chi connectivity index (χ1n) is 9.44. The smallest absolute Gasteiger partial charge is 0.244 e. The second-order valence-corrected chi connectivity index (χ2v) is 7.73. The van der Waals surface area contributed by atoms with Crippen LogP contribution in [-0.4, -0.2) is 43.1 Å². The quantitative estimate of drug-likeness (QED) is 0.675. The monoisotopic (exact) mass is 441 g/mol. The molecular weight excluding hydrogens is 418 g/mol. The molecule has 2 unspecified atom stereocenters. The summed E-state index contributed by atoms with van der Waals surface area (Å²) < 4.78 is 6.97. The Morgan fingerprint density at radius 2 is 2.11 bits per heavy atom. The van der Waals surface area contributed by atoms with Gasteiger partial charge in [0.05, 0.1) is 31.2 Å². The van der Waals surface area contributed by atoms with Crippen molar-refractivity contribution >= 4 is 27.5 Å². The van der Waals surface area contributed by atoms with Crippen molar-refractivity contribution in [1.29, 1.82) is 5.26 Å². The Hall–Kier alpha value is -2.20. The molecule has 28 heavy (non-hydrogen) atoms. The summed E-state index contributed by atoms with van der Waals surface area (Å²) >= 11 is 3.51. The molecule has 3 rings (SSSR count). The van der Waals surface area contributed by atoms with E-state index in [1.54, 1.807) is 4.90 Å². The van der Waals surface area contributed by atoms with Crippen LogP contribution in [0.25, 0.3) is 0 Å². The van der Waals surface area contributed by atoms with Crippen molar-refractivity contribution < 1.29 is 9.53 Å². The molecule has 2 aromatic carbocycles. The van der Waals surface area contributed by atoms with E-state index in [9.17, 15) is 4.79 Å². The molecule has 0 spiro atoms. The Bertz CT molecular complexity index is 837. The van der Waals surface area contributed by atoms with Crippen LogP contribution in [0.3, 0.4) is 0 Å². The summed E-state index contributed by atoms with van der Waals surface area (Å²) in [4.78, 5) is 17.2. The fourth-order valence-corrected chi connectivity index (χ4v) is 3.86. The lowest BCUT2D eigenvalue weighted by Gasteiger charge is -2.38. The number of benzene rings is 2. The summed E-state index contributed by atoms with van der Waals surface area (Å²) in [6, 6.07) is 19.5. The molecule has 146 valence electrons. The van der Waals surface area contributed by atoms with Gasteiger partial charge < -0.3 is 9.64 Å². The van der Waals surface area contributed by atoms with Gasteiger partial charge in [-0.05, 0) is 36.8 Å². The highest BCUT2D eigenvalue weighted by Crippen LogP contribution is 2.26. The number of anilines is 1. The normalized spacial score (nSPS) is 18.2. The first-order valence-corrected chi connectivity index (χ1v) is 10.2. The molecule has 2 atom stereocenters. The van der Waals surface area contributed by atoms with Crippen LogP contribution < -0.4 is 4.90 Å². The third-order valence-electron chi connectivity index (χ3n) is 5.00. The van der Waals surface area contributed by atoms with Crippen LogP contribution in [0.4, 0.5) is 5.69 Å². The first kappa shape index (κ1) is 20.5. The lowest BCUT2D eigenvalue weighted by Crippen LogP contribution is -2.51. The minimum atomic E-state index is -0.294. The van der Waals surface area contributed by atoms with E-state index in [0.29, 0.717) is 32.7 Å². The van der Waals surface area contributed by atoms with Gasteiger partial charge in [-0.2, -0.15) is 5.26 Å². The van der Waals surface area contributed by atoms with E-state index in [-0.39, 0.29) is 18.1 Å². The number of carbonyl (C=O) groups excluding carboxylic acids is 1. The number of halogens is 1. The van der Waals surface area contributed by atoms with Crippen LogP contribution in [0.1, 0.15) is 25.0 Å². The summed E-state index contributed by atoms with van der Waals surface area (Å²) in [5.74, 6) is 0.0105. The maximum absolute atomic E-state index is 13.3. The maximum Gasteiger partial charge on any atom is 0.244 e. The van der Waals surface area contributed by atoms with E-state index in [4.69, 9.17) is 10.00 Å². The van der Waals surface area contributed by atoms with Crippen molar-refractivity contribution in [1.82, 2.24) is 4.90 Å². The van der Waals surface area contributed by atoms with E-state index in [0.717, 1.165) is 15.7 Å². The molecule has 1 aliphatic rings. The molecule has 0 bridgehead atoms. The molecule has 0 aromatic heterocycles. The number of amides is 1. The zero-order valence-corrected chi connectivity index (χ0v) is 17.5. The molecule has 6 heteroatoms. The van der Waals surface area contributed by atoms with Crippen molar-refractivity contribution in [3.05, 3.63) is 64.6 Å². The van der Waals surface area contributed by atoms with Gasteiger partial charge in [-0.15, -0.1) is 0 Å². The molecule has 1 saturated heterocycles. The predicted molar refractivity (Wildman–Crippen MR) is 113 cm³/mol. The number of nitriles is 1. The molecule has 1 amide bonds. The Morgan fingerprint density at radius 1 is 1.32 bits per heavy atom. The summed E-state index contributed by atoms with van der Waals surface area (Å²) in [6.07, 6.45) is 0.239. The van der Waals surface area contributed by atoms with Crippen molar-refractivity contribution in [2.24, 2.45) is 0 Å². The van der Waals surface area contributed by atoms with Crippen molar-refractivity contribution in [3.63, 3.8) is 0 Å². The standard InChI is InChI=1S/C22H24BrN3O2/c1-17(22(27)26(12-6-11-24)20-9-3-2-4-10-20)25-13-14-28-21(16-25)18-7-5-8-19(23)15-18/h2-5,7-10,15,17,21H,6,12-14,16H2,1H3. The second kappa shape index (κ2) is 9.83. The summed E-state index contributed by atoms with van der Waals surface area (Å²) in [6.45, 7) is 4.28. The SMILES string of the molecule is CC(C(=O)N(CCC#N)c1ccccc1)N1CCOC(c2cccc(Br)c2)C1. The van der Waals surface area contributed by atoms with Crippen LogP contribution in [0, 0.1) is 11.3 Å². The van der Waals surface area contributed by atoms with Gasteiger partial charge in [0.25, 0.3) is 0 Å². The molecule has 0 aliphatic carbocycles. The number of morpholine rings is 1. The average Bonchev–Trinajstić information content (AvgIpc) is 2.74. The number of hydrogen-bond acceptors (Lipinski definition) is 4. The van der Waals surface area contributed by atoms with Gasteiger partial charge >= 0.3 is 0 Å². The molecular formula is C22H24BrN3O2. The van der Waals surface area contributed by atoms with Gasteiger partial charge in [-0.3, -0.25) is 9.69 Å². The van der Waals surface area contributed by atoms with Crippen LogP contribution in [0.5, 0.6) is 0 Å². The maximum atomic E-state index is 13.3. The van der Waals surface area contributed by atoms with E-state index in [1.165, 1.54) is 0 Å². The third-order valence-corrected chi connectivity index (χ3v) is 5.50. The first-order chi connectivity index (χ1) is 13.6. The highest BCUT2D eigenvalue weighted by Gasteiger charge is 2.31. The zero-order valence-electron chi connectivity index (χ0n) is 15.9. The molecule has 0 saturated carbocycles. The Morgan fingerprint density at radius 3 is 2.82 bits per heavy atom. The van der Waals surface area contributed by atoms with Crippen LogP contribution in [0.15, 0.2) is 59.1 Å². The van der Waals surface area contributed by atoms with Gasteiger partial charge in [0, 0.05) is 29.8 Å². The molecule has 0 radical (unpaired) electrons. The minimum absolute atomic E-state index is 0.0105. The number of hydrogen-bond donors (Lipinski definition) is 0. The lowest BCUT2D eigenvalue weighted by atomic mass is 10.1. The number of rotatable bonds is 6. The average molecular weight is 442 g/mol. The fraction of sp³-hybridized carbons (Fsp3) is 0.364. The van der Waals surface area contributed by atoms with E-state index in [2.05, 4.69) is 39.0 Å². The van der Waals surface area contributed by atoms with Gasteiger partial charge in [0.1, 0.15) is 0 Å². The van der Waals surface area contributed by atoms with E-state index < -0.39 is 0 Å². The number of ether oxygens (including phenoxy) is 1. The summed E-state index contributed by atoms with van der Waals surface area (Å²) in [5, 5.41) is 9.00. The highest BCUT2D eigenvalue weighted by molar-refractivity contribution is 9.10. The number of para-hydroxylation sites is 1. The molecule has 1 heterocycles. The Labute approximate surface area is 174 Å². The number of nitrogens with zero attached hydrogens (tertiary/aromatic N) is 3. The lowest BCUT2D eigenvalue weighted by molar-refractivity contribution is -0.126. The Balaban J connectivity index is 1.74. The largest absolute Gasteiger partial charge is 0.371 e. The zero-order chi connectivity index (χ0) is 19.9. The molecule has 0 N–H and O–H groups in total. The predicted octanol–water partition coefficient (Wildman–Crippen LogP) is 4.16. The molecule has 1 aliphatic heterocycles. The topological polar surface area (TPSA) is 56.6 Å². The Kier molecular flexibility index (Phi) is 7.21. The third kappa shape index (κ3) is 4.99. The second-order valence-electron chi connectivity index (χ2n) is 6.82. The van der Waals surface area contributed by atoms with Crippen LogP contribution >= 0.6 is 15.9 Å². The summed E-state index contributed by atoms with van der Waals surface area (Å²) in [7, 11) is 0. The van der Waals surface area contributed by atoms with E-state index in [1.807, 2.05) is 49.4 Å². The van der Waals surface area contributed by atoms with Crippen LogP contribution in [-0.2, 0) is 9.53 Å². The van der Waals surface area contributed by atoms with E-state index >= 15 is 0 Å². The van der Waals surface area contributed by atoms with Crippen LogP contribution in [0.2, 0.25) is 0 Å². The fourth-order valence-electron chi connectivity index (χ4n) is 3.45. The molecule has 5 nitrogen and oxygen atoms in total.